The number of aryl methyl sites for hydroxylation is 1. The van der Waals surface area contributed by atoms with Gasteiger partial charge >= 0.3 is 5.97 Å². The monoisotopic (exact) mass is 334 g/mol. The first-order chi connectivity index (χ1) is 12.1. The van der Waals surface area contributed by atoms with Crippen LogP contribution in [0.3, 0.4) is 0 Å². The summed E-state index contributed by atoms with van der Waals surface area (Å²) in [7, 11) is 0. The summed E-state index contributed by atoms with van der Waals surface area (Å²) in [5.74, 6) is -0.879. The molecule has 2 aromatic carbocycles. The molecule has 4 rings (SSSR count). The normalized spacial score (nSPS) is 13.6. The number of para-hydroxylation sites is 1. The number of aromatic amines is 1. The van der Waals surface area contributed by atoms with Gasteiger partial charge in [-0.1, -0.05) is 18.2 Å². The number of hydrogen-bond acceptors (Lipinski definition) is 4. The molecule has 1 aliphatic heterocycles. The van der Waals surface area contributed by atoms with Gasteiger partial charge in [0.1, 0.15) is 0 Å². The van der Waals surface area contributed by atoms with Gasteiger partial charge in [-0.15, -0.1) is 5.06 Å². The van der Waals surface area contributed by atoms with Crippen LogP contribution in [0.15, 0.2) is 59.4 Å². The number of hydrogen-bond donors (Lipinski definition) is 1. The number of carbonyl (C=O) groups is 2. The highest BCUT2D eigenvalue weighted by Gasteiger charge is 2.28. The number of hydroxylamine groups is 1. The Balaban J connectivity index is 1.65. The summed E-state index contributed by atoms with van der Waals surface area (Å²) in [6.45, 7) is 0. The minimum atomic E-state index is -0.627. The first-order valence-corrected chi connectivity index (χ1v) is 7.88. The number of rotatable bonds is 2. The summed E-state index contributed by atoms with van der Waals surface area (Å²) in [5, 5.41) is 1.78. The average Bonchev–Trinajstić information content (AvgIpc) is 2.63. The smallest absolute Gasteiger partial charge is 0.328 e. The number of pyridine rings is 1. The summed E-state index contributed by atoms with van der Waals surface area (Å²) >= 11 is 0. The van der Waals surface area contributed by atoms with Crippen LogP contribution < -0.4 is 10.6 Å². The summed E-state index contributed by atoms with van der Waals surface area (Å²) in [6.07, 6.45) is 0.926. The van der Waals surface area contributed by atoms with Crippen LogP contribution in [0.25, 0.3) is 10.9 Å². The van der Waals surface area contributed by atoms with E-state index in [1.165, 1.54) is 6.07 Å². The molecule has 0 fully saturated rings. The summed E-state index contributed by atoms with van der Waals surface area (Å²) < 4.78 is 0. The third-order valence-corrected chi connectivity index (χ3v) is 4.18. The van der Waals surface area contributed by atoms with Crippen molar-refractivity contribution in [3.8, 4) is 0 Å². The van der Waals surface area contributed by atoms with Gasteiger partial charge in [-0.2, -0.15) is 0 Å². The third kappa shape index (κ3) is 2.78. The van der Waals surface area contributed by atoms with E-state index in [1.807, 2.05) is 12.1 Å². The Bertz CT molecular complexity index is 1050. The molecule has 0 atom stereocenters. The lowest BCUT2D eigenvalue weighted by Crippen LogP contribution is -2.37. The fraction of sp³-hybridized carbons (Fsp3) is 0.105. The zero-order valence-electron chi connectivity index (χ0n) is 13.2. The molecule has 1 aliphatic rings. The van der Waals surface area contributed by atoms with Crippen LogP contribution in [-0.4, -0.2) is 16.9 Å². The fourth-order valence-electron chi connectivity index (χ4n) is 2.91. The van der Waals surface area contributed by atoms with E-state index in [9.17, 15) is 14.4 Å². The Morgan fingerprint density at radius 3 is 2.72 bits per heavy atom. The molecule has 0 radical (unpaired) electrons. The number of H-pyrrole nitrogens is 1. The van der Waals surface area contributed by atoms with Gasteiger partial charge in [-0.25, -0.2) is 4.79 Å². The third-order valence-electron chi connectivity index (χ3n) is 4.18. The predicted octanol–water partition coefficient (Wildman–Crippen LogP) is 2.58. The lowest BCUT2D eigenvalue weighted by atomic mass is 10.0. The second kappa shape index (κ2) is 5.90. The second-order valence-electron chi connectivity index (χ2n) is 5.82. The number of amides is 1. The van der Waals surface area contributed by atoms with Crippen molar-refractivity contribution in [1.29, 1.82) is 0 Å². The average molecular weight is 334 g/mol. The SMILES string of the molecule is O=C(ON1C(=O)CCc2ccccc21)c1ccc2[nH]c(=O)ccc2c1. The molecule has 0 bridgehead atoms. The number of anilines is 1. The number of carbonyl (C=O) groups excluding carboxylic acids is 2. The molecule has 25 heavy (non-hydrogen) atoms. The van der Waals surface area contributed by atoms with Crippen molar-refractivity contribution in [2.75, 3.05) is 5.06 Å². The molecule has 3 aromatic rings. The Morgan fingerprint density at radius 1 is 1.00 bits per heavy atom. The van der Waals surface area contributed by atoms with Crippen molar-refractivity contribution in [1.82, 2.24) is 4.98 Å². The van der Waals surface area contributed by atoms with Crippen LogP contribution in [0.4, 0.5) is 5.69 Å². The van der Waals surface area contributed by atoms with Crippen molar-refractivity contribution in [2.45, 2.75) is 12.8 Å². The van der Waals surface area contributed by atoms with Crippen molar-refractivity contribution >= 4 is 28.5 Å². The van der Waals surface area contributed by atoms with E-state index in [2.05, 4.69) is 4.98 Å². The molecule has 1 aromatic heterocycles. The van der Waals surface area contributed by atoms with E-state index in [1.54, 1.807) is 36.4 Å². The molecular formula is C19H14N2O4. The van der Waals surface area contributed by atoms with Crippen LogP contribution >= 0.6 is 0 Å². The Morgan fingerprint density at radius 2 is 1.84 bits per heavy atom. The molecule has 0 aliphatic carbocycles. The number of nitrogens with zero attached hydrogens (tertiary/aromatic N) is 1. The second-order valence-corrected chi connectivity index (χ2v) is 5.82. The van der Waals surface area contributed by atoms with E-state index < -0.39 is 5.97 Å². The largest absolute Gasteiger partial charge is 0.363 e. The van der Waals surface area contributed by atoms with Crippen LogP contribution in [0.5, 0.6) is 0 Å². The molecule has 0 saturated heterocycles. The maximum atomic E-state index is 12.5. The van der Waals surface area contributed by atoms with Gasteiger partial charge < -0.3 is 9.82 Å². The topological polar surface area (TPSA) is 79.5 Å². The first kappa shape index (κ1) is 15.1. The maximum Gasteiger partial charge on any atom is 0.363 e. The van der Waals surface area contributed by atoms with E-state index in [0.29, 0.717) is 35.0 Å². The molecule has 2 heterocycles. The highest BCUT2D eigenvalue weighted by molar-refractivity contribution is 6.00. The van der Waals surface area contributed by atoms with Gasteiger partial charge in [0.05, 0.1) is 11.3 Å². The quantitative estimate of drug-likeness (QED) is 0.781. The Labute approximate surface area is 142 Å². The molecular weight excluding hydrogens is 320 g/mol. The van der Waals surface area contributed by atoms with Gasteiger partial charge in [0.2, 0.25) is 5.56 Å². The molecule has 6 heteroatoms. The number of nitrogens with one attached hydrogen (secondary N) is 1. The minimum absolute atomic E-state index is 0.210. The van der Waals surface area contributed by atoms with Crippen molar-refractivity contribution in [3.63, 3.8) is 0 Å². The standard InChI is InChI=1S/C19H14N2O4/c22-17-9-6-13-11-14(5-8-15(13)20-17)19(24)25-21-16-4-2-1-3-12(16)7-10-18(21)23/h1-6,8-9,11H,7,10H2,(H,20,22). The molecule has 1 amide bonds. The van der Waals surface area contributed by atoms with Crippen LogP contribution in [0.2, 0.25) is 0 Å². The van der Waals surface area contributed by atoms with Crippen LogP contribution in [0.1, 0.15) is 22.3 Å². The molecule has 1 N–H and O–H groups in total. The number of aromatic nitrogens is 1. The molecule has 0 spiro atoms. The van der Waals surface area contributed by atoms with Crippen molar-refractivity contribution in [2.24, 2.45) is 0 Å². The highest BCUT2D eigenvalue weighted by Crippen LogP contribution is 2.28. The molecule has 6 nitrogen and oxygen atoms in total. The van der Waals surface area contributed by atoms with Gasteiger partial charge in [0.25, 0.3) is 5.91 Å². The van der Waals surface area contributed by atoms with Gasteiger partial charge in [0, 0.05) is 18.0 Å². The van der Waals surface area contributed by atoms with E-state index in [0.717, 1.165) is 10.6 Å². The minimum Gasteiger partial charge on any atom is -0.328 e. The lowest BCUT2D eigenvalue weighted by Gasteiger charge is -2.27. The summed E-state index contributed by atoms with van der Waals surface area (Å²) in [6, 6.07) is 15.2. The predicted molar refractivity (Wildman–Crippen MR) is 92.2 cm³/mol. The fourth-order valence-corrected chi connectivity index (χ4v) is 2.91. The summed E-state index contributed by atoms with van der Waals surface area (Å²) in [5.41, 5.74) is 2.28. The zero-order valence-corrected chi connectivity index (χ0v) is 13.2. The first-order valence-electron chi connectivity index (χ1n) is 7.88. The molecule has 0 unspecified atom stereocenters. The van der Waals surface area contributed by atoms with Crippen molar-refractivity contribution < 1.29 is 14.4 Å². The number of benzene rings is 2. The van der Waals surface area contributed by atoms with E-state index in [4.69, 9.17) is 4.84 Å². The molecule has 124 valence electrons. The van der Waals surface area contributed by atoms with Crippen molar-refractivity contribution in [3.05, 3.63) is 76.1 Å². The highest BCUT2D eigenvalue weighted by atomic mass is 16.7. The van der Waals surface area contributed by atoms with Crippen LogP contribution in [0, 0.1) is 0 Å². The van der Waals surface area contributed by atoms with Crippen LogP contribution in [-0.2, 0) is 16.1 Å². The van der Waals surface area contributed by atoms with Gasteiger partial charge in [-0.3, -0.25) is 9.59 Å². The number of fused-ring (bicyclic) bond motifs is 2. The van der Waals surface area contributed by atoms with Gasteiger partial charge in [0.15, 0.2) is 0 Å². The summed E-state index contributed by atoms with van der Waals surface area (Å²) in [4.78, 5) is 44.0. The molecule has 0 saturated carbocycles. The van der Waals surface area contributed by atoms with E-state index in [-0.39, 0.29) is 11.5 Å². The lowest BCUT2D eigenvalue weighted by molar-refractivity contribution is -0.124. The maximum absolute atomic E-state index is 12.5. The Hall–Kier alpha value is -3.41. The Kier molecular flexibility index (Phi) is 3.57. The van der Waals surface area contributed by atoms with E-state index >= 15 is 0 Å². The van der Waals surface area contributed by atoms with Gasteiger partial charge in [-0.05, 0) is 47.7 Å². The zero-order chi connectivity index (χ0) is 17.4.